The van der Waals surface area contributed by atoms with E-state index in [0.717, 1.165) is 24.5 Å². The van der Waals surface area contributed by atoms with Gasteiger partial charge in [-0.15, -0.1) is 0 Å². The number of alkyl halides is 3. The van der Waals surface area contributed by atoms with Crippen molar-refractivity contribution in [2.45, 2.75) is 25.2 Å². The molecule has 0 fully saturated rings. The molecule has 0 saturated carbocycles. The molecule has 146 valence electrons. The summed E-state index contributed by atoms with van der Waals surface area (Å²) < 4.78 is 51.5. The van der Waals surface area contributed by atoms with E-state index < -0.39 is 29.2 Å². The maximum atomic E-state index is 12.9. The van der Waals surface area contributed by atoms with Gasteiger partial charge >= 0.3 is 12.2 Å². The minimum Gasteiger partial charge on any atom is -0.376 e. The van der Waals surface area contributed by atoms with Crippen molar-refractivity contribution >= 4 is 34.9 Å². The van der Waals surface area contributed by atoms with Gasteiger partial charge in [-0.1, -0.05) is 23.2 Å². The molecule has 6 nitrogen and oxygen atoms in total. The van der Waals surface area contributed by atoms with Crippen molar-refractivity contribution in [2.24, 2.45) is 0 Å². The summed E-state index contributed by atoms with van der Waals surface area (Å²) in [4.78, 5) is 19.2. The van der Waals surface area contributed by atoms with Crippen LogP contribution in [0.25, 0.3) is 0 Å². The molecule has 2 aromatic rings. The largest absolute Gasteiger partial charge is 0.421 e. The van der Waals surface area contributed by atoms with E-state index in [-0.39, 0.29) is 28.1 Å². The van der Waals surface area contributed by atoms with Crippen molar-refractivity contribution < 1.29 is 27.5 Å². The fraction of sp³-hybridized carbons (Fsp3) is 0.267. The zero-order valence-corrected chi connectivity index (χ0v) is 15.0. The van der Waals surface area contributed by atoms with Gasteiger partial charge < -0.3 is 15.7 Å². The summed E-state index contributed by atoms with van der Waals surface area (Å²) in [5.74, 6) is -0.517. The van der Waals surface area contributed by atoms with E-state index in [2.05, 4.69) is 20.6 Å². The number of amides is 2. The molecule has 0 unspecified atom stereocenters. The Morgan fingerprint density at radius 2 is 1.70 bits per heavy atom. The minimum atomic E-state index is -4.96. The maximum Gasteiger partial charge on any atom is 0.421 e. The highest BCUT2D eigenvalue weighted by molar-refractivity contribution is 6.39. The Bertz CT molecular complexity index is 822. The first kappa shape index (κ1) is 21.1. The summed E-state index contributed by atoms with van der Waals surface area (Å²) in [5, 5.41) is 13.7. The van der Waals surface area contributed by atoms with Crippen LogP contribution in [0, 0.1) is 5.82 Å². The lowest BCUT2D eigenvalue weighted by Crippen LogP contribution is -2.39. The van der Waals surface area contributed by atoms with Crippen LogP contribution < -0.4 is 10.6 Å². The van der Waals surface area contributed by atoms with Gasteiger partial charge in [0.1, 0.15) is 5.82 Å². The van der Waals surface area contributed by atoms with Crippen molar-refractivity contribution in [3.05, 3.63) is 51.8 Å². The number of urea groups is 1. The lowest BCUT2D eigenvalue weighted by molar-refractivity contribution is -0.258. The number of hydrogen-bond donors (Lipinski definition) is 3. The van der Waals surface area contributed by atoms with Crippen molar-refractivity contribution in [1.29, 1.82) is 0 Å². The Morgan fingerprint density at radius 1 is 1.19 bits per heavy atom. The Hall–Kier alpha value is -2.17. The number of aliphatic hydroxyl groups is 1. The number of hydrogen-bond acceptors (Lipinski definition) is 4. The highest BCUT2D eigenvalue weighted by Gasteiger charge is 2.51. The van der Waals surface area contributed by atoms with Gasteiger partial charge in [0.25, 0.3) is 0 Å². The first-order chi connectivity index (χ1) is 12.4. The van der Waals surface area contributed by atoms with Crippen LogP contribution in [0.3, 0.4) is 0 Å². The van der Waals surface area contributed by atoms with Crippen LogP contribution in [0.4, 0.5) is 28.0 Å². The van der Waals surface area contributed by atoms with E-state index in [1.807, 2.05) is 0 Å². The SMILES string of the molecule is C[C@@](O)(c1cc(Cl)c(NC(=O)NCc2ncc(F)cn2)c(Cl)c1)C(F)(F)F. The minimum absolute atomic E-state index is 0.125. The average Bonchev–Trinajstić information content (AvgIpc) is 2.56. The normalized spacial score (nSPS) is 13.8. The number of aromatic nitrogens is 2. The van der Waals surface area contributed by atoms with Crippen LogP contribution in [-0.2, 0) is 12.1 Å². The van der Waals surface area contributed by atoms with Crippen LogP contribution in [-0.4, -0.2) is 27.3 Å². The van der Waals surface area contributed by atoms with Gasteiger partial charge in [0.05, 0.1) is 34.7 Å². The molecule has 3 N–H and O–H groups in total. The van der Waals surface area contributed by atoms with Gasteiger partial charge in [0.15, 0.2) is 11.4 Å². The number of anilines is 1. The Labute approximate surface area is 160 Å². The van der Waals surface area contributed by atoms with Crippen molar-refractivity contribution in [3.8, 4) is 0 Å². The second-order valence-corrected chi connectivity index (χ2v) is 6.32. The third-order valence-corrected chi connectivity index (χ3v) is 4.07. The average molecular weight is 427 g/mol. The highest BCUT2D eigenvalue weighted by atomic mass is 35.5. The number of benzene rings is 1. The maximum absolute atomic E-state index is 12.9. The van der Waals surface area contributed by atoms with Crippen LogP contribution in [0.15, 0.2) is 24.5 Å². The third kappa shape index (κ3) is 4.96. The predicted octanol–water partition coefficient (Wildman–Crippen LogP) is 4.01. The number of nitrogens with zero attached hydrogens (tertiary/aromatic N) is 2. The van der Waals surface area contributed by atoms with E-state index in [1.54, 1.807) is 0 Å². The van der Waals surface area contributed by atoms with Gasteiger partial charge in [0, 0.05) is 0 Å². The molecular formula is C15H12Cl2F4N4O2. The number of carbonyl (C=O) groups excluding carboxylic acids is 1. The van der Waals surface area contributed by atoms with Crippen LogP contribution in [0.5, 0.6) is 0 Å². The summed E-state index contributed by atoms with van der Waals surface area (Å²) in [6, 6.07) is 0.890. The summed E-state index contributed by atoms with van der Waals surface area (Å²) in [5.41, 5.74) is -3.92. The molecule has 0 saturated heterocycles. The topological polar surface area (TPSA) is 87.1 Å². The van der Waals surface area contributed by atoms with E-state index in [1.165, 1.54) is 0 Å². The van der Waals surface area contributed by atoms with Crippen molar-refractivity contribution in [2.75, 3.05) is 5.32 Å². The second kappa shape index (κ2) is 7.83. The van der Waals surface area contributed by atoms with Gasteiger partial charge in [-0.3, -0.25) is 0 Å². The van der Waals surface area contributed by atoms with E-state index in [4.69, 9.17) is 23.2 Å². The van der Waals surface area contributed by atoms with Gasteiger partial charge in [0.2, 0.25) is 0 Å². The monoisotopic (exact) mass is 426 g/mol. The molecule has 27 heavy (non-hydrogen) atoms. The van der Waals surface area contributed by atoms with E-state index >= 15 is 0 Å². The molecule has 1 heterocycles. The standard InChI is InChI=1S/C15H12Cl2F4N4O2/c1-14(27,15(19,20)21)7-2-9(16)12(10(17)3-7)25-13(26)24-6-11-22-4-8(18)5-23-11/h2-5,27H,6H2,1H3,(H2,24,25,26)/t14-/m1/s1. The molecule has 0 radical (unpaired) electrons. The van der Waals surface area contributed by atoms with Crippen molar-refractivity contribution in [1.82, 2.24) is 15.3 Å². The smallest absolute Gasteiger partial charge is 0.376 e. The molecule has 0 aliphatic carbocycles. The zero-order chi connectivity index (χ0) is 20.4. The quantitative estimate of drug-likeness (QED) is 0.644. The number of rotatable bonds is 4. The first-order valence-electron chi connectivity index (χ1n) is 7.21. The predicted molar refractivity (Wildman–Crippen MR) is 89.9 cm³/mol. The molecule has 0 aliphatic heterocycles. The van der Waals surface area contributed by atoms with Gasteiger partial charge in [-0.25, -0.2) is 19.2 Å². The molecular weight excluding hydrogens is 415 g/mol. The van der Waals surface area contributed by atoms with Gasteiger partial charge in [-0.05, 0) is 24.6 Å². The van der Waals surface area contributed by atoms with E-state index in [0.29, 0.717) is 6.92 Å². The lowest BCUT2D eigenvalue weighted by Gasteiger charge is -2.27. The van der Waals surface area contributed by atoms with Crippen LogP contribution >= 0.6 is 23.2 Å². The third-order valence-electron chi connectivity index (χ3n) is 3.48. The Balaban J connectivity index is 2.12. The zero-order valence-electron chi connectivity index (χ0n) is 13.5. The number of halogens is 6. The molecule has 2 amide bonds. The number of carbonyl (C=O) groups is 1. The second-order valence-electron chi connectivity index (χ2n) is 5.51. The van der Waals surface area contributed by atoms with Crippen LogP contribution in [0.1, 0.15) is 18.3 Å². The Kier molecular flexibility index (Phi) is 6.13. The Morgan fingerprint density at radius 3 is 2.19 bits per heavy atom. The molecule has 2 rings (SSSR count). The van der Waals surface area contributed by atoms with Crippen LogP contribution in [0.2, 0.25) is 10.0 Å². The fourth-order valence-corrected chi connectivity index (χ4v) is 2.47. The van der Waals surface area contributed by atoms with Crippen molar-refractivity contribution in [3.63, 3.8) is 0 Å². The van der Waals surface area contributed by atoms with Gasteiger partial charge in [-0.2, -0.15) is 13.2 Å². The molecule has 1 aromatic carbocycles. The summed E-state index contributed by atoms with van der Waals surface area (Å²) in [6.07, 6.45) is -3.12. The molecule has 1 atom stereocenters. The molecule has 0 bridgehead atoms. The summed E-state index contributed by atoms with van der Waals surface area (Å²) in [6.45, 7) is 0.402. The first-order valence-corrected chi connectivity index (χ1v) is 7.97. The molecule has 12 heteroatoms. The molecule has 0 spiro atoms. The summed E-state index contributed by atoms with van der Waals surface area (Å²) >= 11 is 11.8. The molecule has 0 aliphatic rings. The fourth-order valence-electron chi connectivity index (χ4n) is 1.88. The summed E-state index contributed by atoms with van der Waals surface area (Å²) in [7, 11) is 0. The lowest BCUT2D eigenvalue weighted by atomic mass is 9.95. The number of nitrogens with one attached hydrogen (secondary N) is 2. The highest BCUT2D eigenvalue weighted by Crippen LogP contribution is 2.42. The van der Waals surface area contributed by atoms with E-state index in [9.17, 15) is 27.5 Å². The molecule has 1 aromatic heterocycles.